The van der Waals surface area contributed by atoms with Gasteiger partial charge < -0.3 is 9.73 Å². The van der Waals surface area contributed by atoms with E-state index in [4.69, 9.17) is 4.42 Å². The number of fused-ring (bicyclic) bond motifs is 1. The lowest BCUT2D eigenvalue weighted by Gasteiger charge is -2.06. The molecule has 136 valence electrons. The Kier molecular flexibility index (Phi) is 6.48. The summed E-state index contributed by atoms with van der Waals surface area (Å²) in [6.45, 7) is 2.74. The van der Waals surface area contributed by atoms with Crippen LogP contribution in [0.5, 0.6) is 0 Å². The number of carbonyl (C=O) groups excluding carboxylic acids is 1. The number of benzene rings is 2. The van der Waals surface area contributed by atoms with Gasteiger partial charge in [-0.15, -0.1) is 0 Å². The molecule has 0 unspecified atom stereocenters. The van der Waals surface area contributed by atoms with Gasteiger partial charge in [-0.05, 0) is 37.3 Å². The van der Waals surface area contributed by atoms with E-state index in [1.54, 1.807) is 0 Å². The molecule has 1 N–H and O–H groups in total. The Balaban J connectivity index is 1.67. The highest BCUT2D eigenvalue weighted by Crippen LogP contribution is 2.28. The first-order valence-electron chi connectivity index (χ1n) is 9.58. The van der Waals surface area contributed by atoms with Crippen molar-refractivity contribution in [1.29, 1.82) is 0 Å². The molecule has 2 aromatic carbocycles. The molecular formula is C23H27NO2. The van der Waals surface area contributed by atoms with E-state index in [2.05, 4.69) is 41.7 Å². The van der Waals surface area contributed by atoms with E-state index in [0.29, 0.717) is 6.42 Å². The smallest absolute Gasteiger partial charge is 0.219 e. The zero-order chi connectivity index (χ0) is 18.2. The van der Waals surface area contributed by atoms with Gasteiger partial charge in [-0.3, -0.25) is 4.79 Å². The quantitative estimate of drug-likeness (QED) is 0.548. The van der Waals surface area contributed by atoms with Gasteiger partial charge in [0.1, 0.15) is 11.3 Å². The van der Waals surface area contributed by atoms with Crippen LogP contribution < -0.4 is 5.32 Å². The molecule has 26 heavy (non-hydrogen) atoms. The Morgan fingerprint density at radius 1 is 0.962 bits per heavy atom. The predicted octanol–water partition coefficient (Wildman–Crippen LogP) is 5.07. The number of furan rings is 1. The molecule has 3 rings (SSSR count). The SMILES string of the molecule is CCCC(=O)NCCCc1c(CCc2ccccc2)oc2ccccc12. The maximum atomic E-state index is 11.6. The van der Waals surface area contributed by atoms with Gasteiger partial charge in [0.25, 0.3) is 0 Å². The number of nitrogens with one attached hydrogen (secondary N) is 1. The standard InChI is InChI=1S/C23H27NO2/c1-2-9-23(25)24-17-8-13-20-19-12-6-7-14-21(19)26-22(20)16-15-18-10-4-3-5-11-18/h3-7,10-12,14H,2,8-9,13,15-17H2,1H3,(H,24,25). The summed E-state index contributed by atoms with van der Waals surface area (Å²) < 4.78 is 6.15. The van der Waals surface area contributed by atoms with Gasteiger partial charge in [0.05, 0.1) is 0 Å². The fraction of sp³-hybridized carbons (Fsp3) is 0.348. The van der Waals surface area contributed by atoms with E-state index in [0.717, 1.165) is 50.0 Å². The van der Waals surface area contributed by atoms with Gasteiger partial charge in [-0.1, -0.05) is 55.5 Å². The Hall–Kier alpha value is -2.55. The minimum atomic E-state index is 0.147. The van der Waals surface area contributed by atoms with Crippen LogP contribution in [0.2, 0.25) is 0 Å². The minimum absolute atomic E-state index is 0.147. The summed E-state index contributed by atoms with van der Waals surface area (Å²) in [5.74, 6) is 1.23. The van der Waals surface area contributed by atoms with Crippen molar-refractivity contribution >= 4 is 16.9 Å². The molecule has 3 heteroatoms. The Bertz CT molecular complexity index is 836. The van der Waals surface area contributed by atoms with Crippen LogP contribution in [0.3, 0.4) is 0 Å². The van der Waals surface area contributed by atoms with Crippen LogP contribution in [-0.4, -0.2) is 12.5 Å². The number of aryl methyl sites for hydroxylation is 3. The molecule has 0 aliphatic carbocycles. The van der Waals surface area contributed by atoms with Crippen LogP contribution in [0.15, 0.2) is 59.0 Å². The van der Waals surface area contributed by atoms with Crippen molar-refractivity contribution in [3.8, 4) is 0 Å². The second-order valence-corrected chi connectivity index (χ2v) is 6.69. The average Bonchev–Trinajstić information content (AvgIpc) is 3.02. The summed E-state index contributed by atoms with van der Waals surface area (Å²) in [6.07, 6.45) is 5.22. The minimum Gasteiger partial charge on any atom is -0.461 e. The molecular weight excluding hydrogens is 322 g/mol. The van der Waals surface area contributed by atoms with Crippen molar-refractivity contribution in [3.05, 3.63) is 71.5 Å². The third-order valence-electron chi connectivity index (χ3n) is 4.67. The molecule has 0 fully saturated rings. The zero-order valence-corrected chi connectivity index (χ0v) is 15.5. The summed E-state index contributed by atoms with van der Waals surface area (Å²) in [6, 6.07) is 18.8. The lowest BCUT2D eigenvalue weighted by molar-refractivity contribution is -0.121. The molecule has 0 aliphatic rings. The maximum absolute atomic E-state index is 11.6. The van der Waals surface area contributed by atoms with E-state index in [1.165, 1.54) is 16.5 Å². The topological polar surface area (TPSA) is 42.2 Å². The summed E-state index contributed by atoms with van der Waals surface area (Å²) in [5.41, 5.74) is 3.58. The largest absolute Gasteiger partial charge is 0.461 e. The number of rotatable bonds is 9. The number of para-hydroxylation sites is 1. The second-order valence-electron chi connectivity index (χ2n) is 6.69. The van der Waals surface area contributed by atoms with Crippen molar-refractivity contribution in [1.82, 2.24) is 5.32 Å². The molecule has 0 radical (unpaired) electrons. The van der Waals surface area contributed by atoms with Gasteiger partial charge in [0, 0.05) is 30.3 Å². The molecule has 3 nitrogen and oxygen atoms in total. The molecule has 0 saturated heterocycles. The Labute approximate surface area is 155 Å². The molecule has 0 saturated carbocycles. The van der Waals surface area contributed by atoms with E-state index in [1.807, 2.05) is 25.1 Å². The molecule has 0 aliphatic heterocycles. The van der Waals surface area contributed by atoms with Crippen LogP contribution in [-0.2, 0) is 24.1 Å². The van der Waals surface area contributed by atoms with E-state index < -0.39 is 0 Å². The number of amides is 1. The van der Waals surface area contributed by atoms with E-state index >= 15 is 0 Å². The van der Waals surface area contributed by atoms with Crippen molar-refractivity contribution in [2.75, 3.05) is 6.54 Å². The Morgan fingerprint density at radius 3 is 2.54 bits per heavy atom. The van der Waals surface area contributed by atoms with Crippen LogP contribution in [0.4, 0.5) is 0 Å². The Morgan fingerprint density at radius 2 is 1.73 bits per heavy atom. The highest BCUT2D eigenvalue weighted by molar-refractivity contribution is 5.82. The fourth-order valence-corrected chi connectivity index (χ4v) is 3.34. The third kappa shape index (κ3) is 4.75. The summed E-state index contributed by atoms with van der Waals surface area (Å²) >= 11 is 0. The number of hydrogen-bond acceptors (Lipinski definition) is 2. The number of hydrogen-bond donors (Lipinski definition) is 1. The molecule has 0 bridgehead atoms. The summed E-state index contributed by atoms with van der Waals surface area (Å²) in [7, 11) is 0. The number of carbonyl (C=O) groups is 1. The third-order valence-corrected chi connectivity index (χ3v) is 4.67. The zero-order valence-electron chi connectivity index (χ0n) is 15.5. The van der Waals surface area contributed by atoms with Crippen LogP contribution >= 0.6 is 0 Å². The maximum Gasteiger partial charge on any atom is 0.219 e. The molecule has 1 heterocycles. The van der Waals surface area contributed by atoms with Gasteiger partial charge in [0.15, 0.2) is 0 Å². The summed E-state index contributed by atoms with van der Waals surface area (Å²) in [4.78, 5) is 11.6. The first kappa shape index (κ1) is 18.2. The van der Waals surface area contributed by atoms with Crippen molar-refractivity contribution in [3.63, 3.8) is 0 Å². The predicted molar refractivity (Wildman–Crippen MR) is 106 cm³/mol. The molecule has 3 aromatic rings. The van der Waals surface area contributed by atoms with Gasteiger partial charge in [-0.25, -0.2) is 0 Å². The normalized spacial score (nSPS) is 11.0. The van der Waals surface area contributed by atoms with Crippen molar-refractivity contribution < 1.29 is 9.21 Å². The van der Waals surface area contributed by atoms with Crippen LogP contribution in [0.1, 0.15) is 43.1 Å². The second kappa shape index (κ2) is 9.23. The van der Waals surface area contributed by atoms with E-state index in [-0.39, 0.29) is 5.91 Å². The van der Waals surface area contributed by atoms with Gasteiger partial charge >= 0.3 is 0 Å². The van der Waals surface area contributed by atoms with Crippen LogP contribution in [0, 0.1) is 0 Å². The van der Waals surface area contributed by atoms with E-state index in [9.17, 15) is 4.79 Å². The van der Waals surface area contributed by atoms with Crippen molar-refractivity contribution in [2.24, 2.45) is 0 Å². The molecule has 1 aromatic heterocycles. The average molecular weight is 349 g/mol. The summed E-state index contributed by atoms with van der Waals surface area (Å²) in [5, 5.41) is 4.21. The molecule has 1 amide bonds. The highest BCUT2D eigenvalue weighted by Gasteiger charge is 2.13. The van der Waals surface area contributed by atoms with Gasteiger partial charge in [-0.2, -0.15) is 0 Å². The fourth-order valence-electron chi connectivity index (χ4n) is 3.34. The lowest BCUT2D eigenvalue weighted by Crippen LogP contribution is -2.24. The first-order valence-corrected chi connectivity index (χ1v) is 9.58. The monoisotopic (exact) mass is 349 g/mol. The lowest BCUT2D eigenvalue weighted by atomic mass is 10.0. The van der Waals surface area contributed by atoms with Crippen molar-refractivity contribution in [2.45, 2.75) is 45.4 Å². The van der Waals surface area contributed by atoms with Crippen LogP contribution in [0.25, 0.3) is 11.0 Å². The highest BCUT2D eigenvalue weighted by atomic mass is 16.3. The molecule has 0 atom stereocenters. The first-order chi connectivity index (χ1) is 12.8. The molecule has 0 spiro atoms. The van der Waals surface area contributed by atoms with Gasteiger partial charge in [0.2, 0.25) is 5.91 Å².